The number of amidine groups is 2. The molecular formula is C28H19ClFN5OS. The first kappa shape index (κ1) is 23.4. The summed E-state index contributed by atoms with van der Waals surface area (Å²) in [5, 5.41) is 17.0. The first-order chi connectivity index (χ1) is 17.9. The molecule has 0 unspecified atom stereocenters. The lowest BCUT2D eigenvalue weighted by Gasteiger charge is -2.20. The van der Waals surface area contributed by atoms with E-state index < -0.39 is 5.91 Å². The molecule has 2 aliphatic heterocycles. The van der Waals surface area contributed by atoms with Crippen LogP contribution in [0.1, 0.15) is 22.4 Å². The number of halogens is 2. The second-order valence-corrected chi connectivity index (χ2v) is 9.96. The van der Waals surface area contributed by atoms with E-state index in [4.69, 9.17) is 17.0 Å². The summed E-state index contributed by atoms with van der Waals surface area (Å²) in [6, 6.07) is 21.7. The van der Waals surface area contributed by atoms with E-state index in [0.29, 0.717) is 32.9 Å². The number of para-hydroxylation sites is 1. The maximum absolute atomic E-state index is 14.5. The van der Waals surface area contributed by atoms with Gasteiger partial charge in [-0.25, -0.2) is 4.39 Å². The third-order valence-corrected chi connectivity index (χ3v) is 7.68. The molecule has 0 saturated heterocycles. The lowest BCUT2D eigenvalue weighted by atomic mass is 10.1. The molecular weight excluding hydrogens is 509 g/mol. The summed E-state index contributed by atoms with van der Waals surface area (Å²) in [6.07, 6.45) is 1.69. The van der Waals surface area contributed by atoms with Crippen molar-refractivity contribution in [3.63, 3.8) is 0 Å². The smallest absolute Gasteiger partial charge is 0.283 e. The van der Waals surface area contributed by atoms with Crippen molar-refractivity contribution in [1.29, 1.82) is 5.41 Å². The number of thioether (sulfide) groups is 1. The van der Waals surface area contributed by atoms with Crippen LogP contribution >= 0.6 is 23.4 Å². The van der Waals surface area contributed by atoms with Gasteiger partial charge >= 0.3 is 0 Å². The van der Waals surface area contributed by atoms with E-state index in [0.717, 1.165) is 22.2 Å². The van der Waals surface area contributed by atoms with Crippen molar-refractivity contribution in [1.82, 2.24) is 9.58 Å². The van der Waals surface area contributed by atoms with E-state index in [2.05, 4.69) is 10.1 Å². The molecule has 1 amide bonds. The number of aliphatic imine (C=N–C) groups is 1. The largest absolute Gasteiger partial charge is 0.340 e. The molecule has 0 bridgehead atoms. The van der Waals surface area contributed by atoms with E-state index in [1.165, 1.54) is 22.8 Å². The van der Waals surface area contributed by atoms with Crippen molar-refractivity contribution in [2.24, 2.45) is 10.1 Å². The van der Waals surface area contributed by atoms with Crippen molar-refractivity contribution in [3.8, 4) is 0 Å². The van der Waals surface area contributed by atoms with Gasteiger partial charge in [-0.05, 0) is 43.0 Å². The van der Waals surface area contributed by atoms with E-state index in [9.17, 15) is 9.18 Å². The van der Waals surface area contributed by atoms with Crippen LogP contribution in [-0.4, -0.2) is 31.5 Å². The number of aromatic nitrogens is 1. The maximum atomic E-state index is 14.5. The van der Waals surface area contributed by atoms with Gasteiger partial charge in [0.05, 0.1) is 17.1 Å². The van der Waals surface area contributed by atoms with Crippen molar-refractivity contribution in [2.75, 3.05) is 0 Å². The number of rotatable bonds is 4. The van der Waals surface area contributed by atoms with Gasteiger partial charge in [-0.15, -0.1) is 0 Å². The van der Waals surface area contributed by atoms with Crippen LogP contribution in [-0.2, 0) is 11.3 Å². The molecule has 2 aliphatic rings. The molecule has 0 saturated carbocycles. The van der Waals surface area contributed by atoms with Crippen LogP contribution in [0, 0.1) is 18.2 Å². The summed E-state index contributed by atoms with van der Waals surface area (Å²) >= 11 is 7.54. The Morgan fingerprint density at radius 1 is 1.05 bits per heavy atom. The number of nitrogens with one attached hydrogen (secondary N) is 1. The molecule has 1 aromatic heterocycles. The molecule has 182 valence electrons. The molecule has 6 rings (SSSR count). The molecule has 0 fully saturated rings. The Balaban J connectivity index is 1.42. The zero-order valence-corrected chi connectivity index (χ0v) is 21.1. The molecule has 0 radical (unpaired) electrons. The van der Waals surface area contributed by atoms with E-state index in [1.54, 1.807) is 24.3 Å². The summed E-state index contributed by atoms with van der Waals surface area (Å²) in [4.78, 5) is 17.3. The minimum Gasteiger partial charge on any atom is -0.340 e. The molecule has 4 aromatic rings. The van der Waals surface area contributed by atoms with E-state index >= 15 is 0 Å². The topological polar surface area (TPSA) is 73.8 Å². The number of carbonyl (C=O) groups excluding carboxylic acids is 1. The number of carbonyl (C=O) groups is 1. The summed E-state index contributed by atoms with van der Waals surface area (Å²) in [5.41, 5.74) is 3.94. The minimum atomic E-state index is -0.510. The number of amides is 1. The highest BCUT2D eigenvalue weighted by molar-refractivity contribution is 8.27. The van der Waals surface area contributed by atoms with Crippen molar-refractivity contribution in [2.45, 2.75) is 13.5 Å². The van der Waals surface area contributed by atoms with Gasteiger partial charge in [-0.1, -0.05) is 66.2 Å². The van der Waals surface area contributed by atoms with Crippen molar-refractivity contribution >= 4 is 62.3 Å². The van der Waals surface area contributed by atoms with Gasteiger partial charge in [0.25, 0.3) is 5.91 Å². The molecule has 0 aliphatic carbocycles. The average molecular weight is 528 g/mol. The lowest BCUT2D eigenvalue weighted by Crippen LogP contribution is -2.35. The Morgan fingerprint density at radius 3 is 2.59 bits per heavy atom. The maximum Gasteiger partial charge on any atom is 0.283 e. The van der Waals surface area contributed by atoms with E-state index in [1.807, 2.05) is 60.0 Å². The predicted molar refractivity (Wildman–Crippen MR) is 148 cm³/mol. The molecule has 0 atom stereocenters. The SMILES string of the molecule is Cc1c(C=C2C(=N)N3N=C(c4ccccc4Cl)SC3=NC2=O)c2ccccc2n1Cc1ccccc1F. The predicted octanol–water partition coefficient (Wildman–Crippen LogP) is 6.46. The molecule has 6 nitrogen and oxygen atoms in total. The summed E-state index contributed by atoms with van der Waals surface area (Å²) < 4.78 is 16.5. The number of benzene rings is 3. The second kappa shape index (κ2) is 9.14. The Hall–Kier alpha value is -4.01. The molecule has 1 N–H and O–H groups in total. The number of nitrogens with zero attached hydrogens (tertiary/aromatic N) is 4. The zero-order valence-electron chi connectivity index (χ0n) is 19.6. The van der Waals surface area contributed by atoms with Crippen LogP contribution in [0.3, 0.4) is 0 Å². The zero-order chi connectivity index (χ0) is 25.7. The fourth-order valence-electron chi connectivity index (χ4n) is 4.52. The first-order valence-corrected chi connectivity index (χ1v) is 12.7. The van der Waals surface area contributed by atoms with Crippen LogP contribution in [0.25, 0.3) is 17.0 Å². The molecule has 3 aromatic carbocycles. The Bertz CT molecular complexity index is 1720. The number of hydrazone groups is 1. The standard InChI is InChI=1S/C28H19ClFN5OS/c1-16-20(18-9-4-7-13-24(18)34(16)15-17-8-2-6-12-23(17)30)14-21-25(31)35-28(32-26(21)36)37-27(33-35)19-10-3-5-11-22(19)29/h2-14,31H,15H2,1H3. The monoisotopic (exact) mass is 527 g/mol. The summed E-state index contributed by atoms with van der Waals surface area (Å²) in [5.74, 6) is -0.844. The number of hydrogen-bond donors (Lipinski definition) is 1. The Morgan fingerprint density at radius 2 is 1.78 bits per heavy atom. The van der Waals surface area contributed by atoms with Gasteiger partial charge in [0, 0.05) is 33.3 Å². The highest BCUT2D eigenvalue weighted by Gasteiger charge is 2.36. The number of fused-ring (bicyclic) bond motifs is 2. The lowest BCUT2D eigenvalue weighted by molar-refractivity contribution is -0.114. The Labute approximate surface area is 221 Å². The minimum absolute atomic E-state index is 0.0603. The van der Waals surface area contributed by atoms with Crippen molar-refractivity contribution in [3.05, 3.63) is 112 Å². The van der Waals surface area contributed by atoms with Crippen molar-refractivity contribution < 1.29 is 9.18 Å². The molecule has 0 spiro atoms. The Kier molecular flexibility index (Phi) is 5.78. The second-order valence-electron chi connectivity index (χ2n) is 8.60. The van der Waals surface area contributed by atoms with Crippen LogP contribution < -0.4 is 0 Å². The van der Waals surface area contributed by atoms with Gasteiger partial charge in [0.2, 0.25) is 5.17 Å². The van der Waals surface area contributed by atoms with Gasteiger partial charge in [0.15, 0.2) is 5.84 Å². The van der Waals surface area contributed by atoms with Gasteiger partial charge in [-0.3, -0.25) is 10.2 Å². The van der Waals surface area contributed by atoms with E-state index in [-0.39, 0.29) is 17.2 Å². The fraction of sp³-hybridized carbons (Fsp3) is 0.0714. The fourth-order valence-corrected chi connectivity index (χ4v) is 5.73. The van der Waals surface area contributed by atoms with Gasteiger partial charge in [-0.2, -0.15) is 15.1 Å². The molecule has 37 heavy (non-hydrogen) atoms. The van der Waals surface area contributed by atoms with Crippen LogP contribution in [0.2, 0.25) is 5.02 Å². The highest BCUT2D eigenvalue weighted by atomic mass is 35.5. The quantitative estimate of drug-likeness (QED) is 0.310. The summed E-state index contributed by atoms with van der Waals surface area (Å²) in [6.45, 7) is 2.27. The first-order valence-electron chi connectivity index (χ1n) is 11.5. The van der Waals surface area contributed by atoms with Crippen LogP contribution in [0.15, 0.2) is 88.5 Å². The van der Waals surface area contributed by atoms with Crippen LogP contribution in [0.4, 0.5) is 4.39 Å². The third kappa shape index (κ3) is 3.98. The number of hydrogen-bond acceptors (Lipinski definition) is 4. The normalized spacial score (nSPS) is 16.4. The average Bonchev–Trinajstić information content (AvgIpc) is 3.43. The third-order valence-electron chi connectivity index (χ3n) is 6.41. The van der Waals surface area contributed by atoms with Gasteiger partial charge in [0.1, 0.15) is 10.9 Å². The summed E-state index contributed by atoms with van der Waals surface area (Å²) in [7, 11) is 0. The highest BCUT2D eigenvalue weighted by Crippen LogP contribution is 2.35. The van der Waals surface area contributed by atoms with Gasteiger partial charge < -0.3 is 4.57 Å². The molecule has 9 heteroatoms. The van der Waals surface area contributed by atoms with Crippen LogP contribution in [0.5, 0.6) is 0 Å². The molecule has 3 heterocycles.